The molecule has 0 spiro atoms. The van der Waals surface area contributed by atoms with Gasteiger partial charge in [0.25, 0.3) is 0 Å². The van der Waals surface area contributed by atoms with Crippen molar-refractivity contribution >= 4 is 46.1 Å². The topological polar surface area (TPSA) is 15.7 Å². The quantitative estimate of drug-likeness (QED) is 0.164. The van der Waals surface area contributed by atoms with Gasteiger partial charge in [-0.15, -0.1) is 0 Å². The van der Waals surface area contributed by atoms with E-state index in [4.69, 9.17) is 4.74 Å². The van der Waals surface area contributed by atoms with Crippen molar-refractivity contribution in [1.82, 2.24) is 0 Å². The fourth-order valence-electron chi connectivity index (χ4n) is 15.0. The van der Waals surface area contributed by atoms with Crippen LogP contribution in [-0.2, 0) is 43.3 Å². The van der Waals surface area contributed by atoms with Crippen molar-refractivity contribution < 1.29 is 4.74 Å². The van der Waals surface area contributed by atoms with Gasteiger partial charge in [-0.1, -0.05) is 179 Å². The van der Waals surface area contributed by atoms with Gasteiger partial charge in [-0.05, 0) is 202 Å². The van der Waals surface area contributed by atoms with Gasteiger partial charge in [0.15, 0.2) is 6.23 Å². The molecule has 0 saturated carbocycles. The standard InChI is InChI=1S/C70H85BN2O/c1-63(2,3)43-23-26-47-59(37-43)74-62-60(47)71-55-40-53-54(70(17,18)34-33-69(53,15)16)41-56(55)72(44-24-27-49-51(38-44)67(11,12)31-29-65(49,7)8)57-35-42(46-21-19-20-22-48(46)64(4,5)6)36-58(61(57)71)73(62)45-25-28-50-52(39-45)68(13,14)32-30-66(50,9)10/h19-28,35-41,60,62H,29-34H2,1-18H3. The Labute approximate surface area is 447 Å². The Morgan fingerprint density at radius 2 is 0.973 bits per heavy atom. The third-order valence-corrected chi connectivity index (χ3v) is 20.2. The Balaban J connectivity index is 1.24. The predicted octanol–water partition coefficient (Wildman–Crippen LogP) is 17.6. The summed E-state index contributed by atoms with van der Waals surface area (Å²) >= 11 is 0. The average Bonchev–Trinajstić information content (AvgIpc) is 3.71. The highest BCUT2D eigenvalue weighted by atomic mass is 16.5. The van der Waals surface area contributed by atoms with Crippen molar-refractivity contribution in [3.8, 4) is 16.9 Å². The van der Waals surface area contributed by atoms with Gasteiger partial charge in [0.2, 0.25) is 6.71 Å². The second kappa shape index (κ2) is 15.7. The lowest BCUT2D eigenvalue weighted by molar-refractivity contribution is 0.231. The van der Waals surface area contributed by atoms with E-state index in [0.29, 0.717) is 0 Å². The summed E-state index contributed by atoms with van der Waals surface area (Å²) in [6.07, 6.45) is 6.76. The van der Waals surface area contributed by atoms with E-state index in [9.17, 15) is 0 Å². The van der Waals surface area contributed by atoms with Gasteiger partial charge in [0.1, 0.15) is 5.75 Å². The SMILES string of the molecule is CC(C)(C)c1ccc2c(c1)OC1C2B2c3cc4c(cc3N(c3ccc5c(c3)C(C)(C)CCC5(C)C)c3cc(-c5ccccc5C(C)(C)C)cc(c32)N1c1ccc2c(c1)C(C)(C)CCC2(C)C)C(C)(C)CCC4(C)C. The summed E-state index contributed by atoms with van der Waals surface area (Å²) in [6.45, 7) is 43.9. The van der Waals surface area contributed by atoms with E-state index < -0.39 is 0 Å². The Morgan fingerprint density at radius 1 is 0.473 bits per heavy atom. The monoisotopic (exact) mass is 981 g/mol. The zero-order valence-corrected chi connectivity index (χ0v) is 48.6. The highest BCUT2D eigenvalue weighted by Crippen LogP contribution is 2.58. The molecule has 3 aliphatic carbocycles. The fourth-order valence-corrected chi connectivity index (χ4v) is 15.0. The first-order valence-electron chi connectivity index (χ1n) is 28.6. The van der Waals surface area contributed by atoms with E-state index in [-0.39, 0.29) is 62.1 Å². The molecule has 384 valence electrons. The van der Waals surface area contributed by atoms with Crippen LogP contribution in [0.15, 0.2) is 103 Å². The van der Waals surface area contributed by atoms with Crippen LogP contribution in [0.4, 0.5) is 28.4 Å². The molecule has 6 aromatic carbocycles. The first kappa shape index (κ1) is 49.6. The summed E-state index contributed by atoms with van der Waals surface area (Å²) in [4.78, 5) is 5.44. The molecule has 4 heteroatoms. The van der Waals surface area contributed by atoms with E-state index in [2.05, 4.69) is 238 Å². The molecule has 0 aromatic heterocycles. The molecule has 2 atom stereocenters. The molecular weight excluding hydrogens is 896 g/mol. The van der Waals surface area contributed by atoms with Crippen molar-refractivity contribution in [1.29, 1.82) is 0 Å². The van der Waals surface area contributed by atoms with Crippen LogP contribution < -0.4 is 25.5 Å². The predicted molar refractivity (Wildman–Crippen MR) is 317 cm³/mol. The van der Waals surface area contributed by atoms with Crippen LogP contribution in [0.5, 0.6) is 5.75 Å². The van der Waals surface area contributed by atoms with E-state index in [1.54, 1.807) is 0 Å². The van der Waals surface area contributed by atoms with Crippen LogP contribution in [0.25, 0.3) is 11.1 Å². The van der Waals surface area contributed by atoms with E-state index in [1.807, 2.05) is 0 Å². The van der Waals surface area contributed by atoms with Gasteiger partial charge in [-0.25, -0.2) is 0 Å². The number of rotatable bonds is 3. The molecule has 0 fully saturated rings. The minimum absolute atomic E-state index is 0.0256. The van der Waals surface area contributed by atoms with Crippen molar-refractivity contribution in [2.75, 3.05) is 9.80 Å². The lowest BCUT2D eigenvalue weighted by atomic mass is 9.29. The Morgan fingerprint density at radius 3 is 1.54 bits per heavy atom. The lowest BCUT2D eigenvalue weighted by Gasteiger charge is -2.50. The zero-order valence-electron chi connectivity index (χ0n) is 48.6. The number of nitrogens with zero attached hydrogens (tertiary/aromatic N) is 2. The second-order valence-electron chi connectivity index (χ2n) is 30.2. The van der Waals surface area contributed by atoms with Crippen molar-refractivity contribution in [3.05, 3.63) is 153 Å². The molecule has 0 saturated heterocycles. The Kier molecular flexibility index (Phi) is 10.5. The third kappa shape index (κ3) is 7.39. The smallest absolute Gasteiger partial charge is 0.231 e. The first-order valence-corrected chi connectivity index (χ1v) is 28.6. The number of anilines is 5. The molecule has 6 aromatic rings. The number of benzene rings is 6. The van der Waals surface area contributed by atoms with Gasteiger partial charge >= 0.3 is 0 Å². The molecule has 74 heavy (non-hydrogen) atoms. The van der Waals surface area contributed by atoms with Gasteiger partial charge in [-0.3, -0.25) is 0 Å². The molecule has 3 aliphatic heterocycles. The fraction of sp³-hybridized carbons (Fsp3) is 0.486. The molecule has 0 N–H and O–H groups in total. The molecule has 0 bridgehead atoms. The summed E-state index contributed by atoms with van der Waals surface area (Å²) in [6, 6.07) is 42.3. The number of hydrogen-bond acceptors (Lipinski definition) is 3. The highest BCUT2D eigenvalue weighted by molar-refractivity contribution is 6.91. The molecule has 0 amide bonds. The van der Waals surface area contributed by atoms with Gasteiger partial charge in [0, 0.05) is 34.3 Å². The van der Waals surface area contributed by atoms with Crippen LogP contribution in [0.2, 0.25) is 0 Å². The van der Waals surface area contributed by atoms with Crippen molar-refractivity contribution in [3.63, 3.8) is 0 Å². The third-order valence-electron chi connectivity index (χ3n) is 20.2. The van der Waals surface area contributed by atoms with E-state index >= 15 is 0 Å². The normalized spacial score (nSPS) is 22.8. The zero-order chi connectivity index (χ0) is 52.8. The molecule has 2 unspecified atom stereocenters. The van der Waals surface area contributed by atoms with Crippen LogP contribution in [-0.4, -0.2) is 12.9 Å². The molecular formula is C70H85BN2O. The van der Waals surface area contributed by atoms with Crippen molar-refractivity contribution in [2.24, 2.45) is 0 Å². The highest BCUT2D eigenvalue weighted by Gasteiger charge is 2.56. The second-order valence-corrected chi connectivity index (χ2v) is 30.2. The maximum atomic E-state index is 7.76. The Hall–Kier alpha value is -5.22. The minimum atomic E-state index is -0.275. The largest absolute Gasteiger partial charge is 0.470 e. The van der Waals surface area contributed by atoms with Gasteiger partial charge in [-0.2, -0.15) is 0 Å². The first-order chi connectivity index (χ1) is 34.4. The lowest BCUT2D eigenvalue weighted by Crippen LogP contribution is -2.63. The molecule has 12 rings (SSSR count). The van der Waals surface area contributed by atoms with Gasteiger partial charge < -0.3 is 14.5 Å². The number of fused-ring (bicyclic) bond motifs is 9. The van der Waals surface area contributed by atoms with E-state index in [0.717, 1.165) is 18.6 Å². The van der Waals surface area contributed by atoms with Gasteiger partial charge in [0.05, 0.1) is 0 Å². The molecule has 0 radical (unpaired) electrons. The van der Waals surface area contributed by atoms with Crippen molar-refractivity contribution in [2.45, 2.75) is 219 Å². The molecule has 3 nitrogen and oxygen atoms in total. The summed E-state index contributed by atoms with van der Waals surface area (Å²) in [5.41, 5.74) is 25.0. The Bertz CT molecular complexity index is 3330. The van der Waals surface area contributed by atoms with E-state index in [1.165, 1.54) is 126 Å². The summed E-state index contributed by atoms with van der Waals surface area (Å²) < 4.78 is 7.76. The maximum Gasteiger partial charge on any atom is 0.231 e. The average molecular weight is 981 g/mol. The number of hydrogen-bond donors (Lipinski definition) is 0. The van der Waals surface area contributed by atoms with Crippen LogP contribution >= 0.6 is 0 Å². The summed E-state index contributed by atoms with van der Waals surface area (Å²) in [5, 5.41) is 0. The molecule has 3 heterocycles. The maximum absolute atomic E-state index is 7.76. The summed E-state index contributed by atoms with van der Waals surface area (Å²) in [7, 11) is 0. The minimum Gasteiger partial charge on any atom is -0.470 e. The number of ether oxygens (including phenoxy) is 1. The van der Waals surface area contributed by atoms with Crippen LogP contribution in [0, 0.1) is 0 Å². The van der Waals surface area contributed by atoms with Crippen LogP contribution in [0.3, 0.4) is 0 Å². The molecule has 6 aliphatic rings. The van der Waals surface area contributed by atoms with Crippen LogP contribution in [0.1, 0.15) is 219 Å². The summed E-state index contributed by atoms with van der Waals surface area (Å²) in [5.74, 6) is 1.06.